The molecule has 0 unspecified atom stereocenters. The third kappa shape index (κ3) is 3.42. The number of carboxylic acid groups (broad SMARTS) is 1. The number of hydrogen-bond donors (Lipinski definition) is 1. The molecule has 0 atom stereocenters. The van der Waals surface area contributed by atoms with Crippen molar-refractivity contribution in [2.75, 3.05) is 13.6 Å². The maximum Gasteiger partial charge on any atom is 0.310 e. The molecule has 0 radical (unpaired) electrons. The summed E-state index contributed by atoms with van der Waals surface area (Å²) in [6.07, 6.45) is 3.59. The Labute approximate surface area is 120 Å². The summed E-state index contributed by atoms with van der Waals surface area (Å²) in [7, 11) is 1.97. The summed E-state index contributed by atoms with van der Waals surface area (Å²) in [5.74, 6) is 1.80. The molecular weight excluding hydrogens is 254 g/mol. The fourth-order valence-corrected chi connectivity index (χ4v) is 3.16. The van der Waals surface area contributed by atoms with Gasteiger partial charge in [-0.05, 0) is 57.7 Å². The largest absolute Gasteiger partial charge is 0.481 e. The Balaban J connectivity index is 1.99. The van der Waals surface area contributed by atoms with Gasteiger partial charge < -0.3 is 9.52 Å². The fraction of sp³-hybridized carbons (Fsp3) is 0.688. The van der Waals surface area contributed by atoms with Crippen molar-refractivity contribution in [1.29, 1.82) is 0 Å². The molecule has 1 N–H and O–H groups in total. The molecule has 0 saturated heterocycles. The average Bonchev–Trinajstić information content (AvgIpc) is 2.77. The zero-order valence-corrected chi connectivity index (χ0v) is 12.7. The van der Waals surface area contributed by atoms with E-state index in [1.165, 1.54) is 0 Å². The minimum Gasteiger partial charge on any atom is -0.481 e. The van der Waals surface area contributed by atoms with E-state index >= 15 is 0 Å². The number of hydrogen-bond acceptors (Lipinski definition) is 3. The van der Waals surface area contributed by atoms with Gasteiger partial charge in [-0.2, -0.15) is 0 Å². The predicted octanol–water partition coefficient (Wildman–Crippen LogP) is 3.30. The molecule has 1 aliphatic rings. The van der Waals surface area contributed by atoms with Crippen LogP contribution in [0.1, 0.15) is 44.1 Å². The van der Waals surface area contributed by atoms with Gasteiger partial charge in [0.25, 0.3) is 0 Å². The summed E-state index contributed by atoms with van der Waals surface area (Å²) < 4.78 is 5.56. The van der Waals surface area contributed by atoms with E-state index in [0.29, 0.717) is 19.0 Å². The van der Waals surface area contributed by atoms with Crippen molar-refractivity contribution in [3.8, 4) is 0 Å². The Bertz CT molecular complexity index is 458. The van der Waals surface area contributed by atoms with Crippen LogP contribution in [0.15, 0.2) is 16.5 Å². The Morgan fingerprint density at radius 3 is 2.60 bits per heavy atom. The first-order valence-electron chi connectivity index (χ1n) is 7.38. The van der Waals surface area contributed by atoms with Crippen molar-refractivity contribution >= 4 is 5.97 Å². The molecule has 1 aromatic rings. The molecule has 0 spiro atoms. The zero-order valence-electron chi connectivity index (χ0n) is 12.7. The molecule has 4 nitrogen and oxygen atoms in total. The smallest absolute Gasteiger partial charge is 0.310 e. The van der Waals surface area contributed by atoms with Crippen LogP contribution in [0.4, 0.5) is 0 Å². The lowest BCUT2D eigenvalue weighted by molar-refractivity contribution is -0.153. The van der Waals surface area contributed by atoms with E-state index in [1.54, 1.807) is 0 Å². The molecule has 0 bridgehead atoms. The number of aliphatic carboxylic acids is 1. The summed E-state index contributed by atoms with van der Waals surface area (Å²) in [6, 6.07) is 3.90. The quantitative estimate of drug-likeness (QED) is 0.898. The normalized spacial score (nSPS) is 26.9. The highest BCUT2D eigenvalue weighted by atomic mass is 16.4. The predicted molar refractivity (Wildman–Crippen MR) is 77.5 cm³/mol. The van der Waals surface area contributed by atoms with Crippen molar-refractivity contribution in [2.45, 2.75) is 46.1 Å². The lowest BCUT2D eigenvalue weighted by Crippen LogP contribution is -2.44. The molecule has 4 heteroatoms. The maximum atomic E-state index is 11.7. The molecule has 0 aliphatic heterocycles. The van der Waals surface area contributed by atoms with Gasteiger partial charge in [-0.1, -0.05) is 6.92 Å². The van der Waals surface area contributed by atoms with Gasteiger partial charge in [-0.25, -0.2) is 0 Å². The molecule has 0 amide bonds. The van der Waals surface area contributed by atoms with Crippen LogP contribution in [0.3, 0.4) is 0 Å². The van der Waals surface area contributed by atoms with E-state index in [9.17, 15) is 9.90 Å². The van der Waals surface area contributed by atoms with E-state index in [-0.39, 0.29) is 0 Å². The second-order valence-corrected chi connectivity index (χ2v) is 6.45. The van der Waals surface area contributed by atoms with E-state index in [4.69, 9.17) is 4.42 Å². The molecule has 1 fully saturated rings. The van der Waals surface area contributed by atoms with Crippen LogP contribution in [-0.4, -0.2) is 29.6 Å². The van der Waals surface area contributed by atoms with Crippen LogP contribution in [0.5, 0.6) is 0 Å². The van der Waals surface area contributed by atoms with Crippen LogP contribution in [0, 0.1) is 18.3 Å². The molecular formula is C16H25NO3. The maximum absolute atomic E-state index is 11.7. The minimum atomic E-state index is -0.646. The molecule has 1 saturated carbocycles. The van der Waals surface area contributed by atoms with E-state index < -0.39 is 11.4 Å². The van der Waals surface area contributed by atoms with Gasteiger partial charge in [0.2, 0.25) is 0 Å². The second-order valence-electron chi connectivity index (χ2n) is 6.45. The highest BCUT2D eigenvalue weighted by Gasteiger charge is 2.41. The van der Waals surface area contributed by atoms with Crippen molar-refractivity contribution in [3.63, 3.8) is 0 Å². The topological polar surface area (TPSA) is 53.7 Å². The van der Waals surface area contributed by atoms with Crippen molar-refractivity contribution in [3.05, 3.63) is 23.7 Å². The fourth-order valence-electron chi connectivity index (χ4n) is 3.16. The third-order valence-corrected chi connectivity index (χ3v) is 4.48. The summed E-state index contributed by atoms with van der Waals surface area (Å²) in [5.41, 5.74) is -0.580. The van der Waals surface area contributed by atoms with Gasteiger partial charge in [-0.3, -0.25) is 9.69 Å². The lowest BCUT2D eigenvalue weighted by atomic mass is 9.70. The average molecular weight is 279 g/mol. The molecule has 2 rings (SSSR count). The Morgan fingerprint density at radius 2 is 2.10 bits per heavy atom. The molecule has 1 heterocycles. The van der Waals surface area contributed by atoms with Crippen molar-refractivity contribution in [1.82, 2.24) is 4.90 Å². The summed E-state index contributed by atoms with van der Waals surface area (Å²) >= 11 is 0. The molecule has 1 aliphatic carbocycles. The summed E-state index contributed by atoms with van der Waals surface area (Å²) in [4.78, 5) is 13.8. The number of carboxylic acids is 1. The lowest BCUT2D eigenvalue weighted by Gasteiger charge is -2.38. The number of aryl methyl sites for hydroxylation is 1. The van der Waals surface area contributed by atoms with Gasteiger partial charge in [0.05, 0.1) is 12.0 Å². The van der Waals surface area contributed by atoms with Crippen molar-refractivity contribution in [2.24, 2.45) is 11.3 Å². The standard InChI is InChI=1S/C16H25NO3/c1-12-6-8-16(9-7-12,15(18)19)11-17(3)10-14-5-4-13(2)20-14/h4-5,12H,6-11H2,1-3H3,(H,18,19). The van der Waals surface area contributed by atoms with E-state index in [1.807, 2.05) is 26.1 Å². The van der Waals surface area contributed by atoms with Crippen LogP contribution < -0.4 is 0 Å². The van der Waals surface area contributed by atoms with E-state index in [2.05, 4.69) is 11.8 Å². The van der Waals surface area contributed by atoms with Gasteiger partial charge in [-0.15, -0.1) is 0 Å². The number of rotatable bonds is 5. The Hall–Kier alpha value is -1.29. The molecule has 0 aromatic carbocycles. The molecule has 1 aromatic heterocycles. The summed E-state index contributed by atoms with van der Waals surface area (Å²) in [5, 5.41) is 9.64. The highest BCUT2D eigenvalue weighted by Crippen LogP contribution is 2.39. The zero-order chi connectivity index (χ0) is 14.8. The minimum absolute atomic E-state index is 0.580. The van der Waals surface area contributed by atoms with Gasteiger partial charge >= 0.3 is 5.97 Å². The number of furan rings is 1. The summed E-state index contributed by atoms with van der Waals surface area (Å²) in [6.45, 7) is 5.39. The van der Waals surface area contributed by atoms with Crippen LogP contribution in [0.25, 0.3) is 0 Å². The highest BCUT2D eigenvalue weighted by molar-refractivity contribution is 5.75. The third-order valence-electron chi connectivity index (χ3n) is 4.48. The second kappa shape index (κ2) is 6.00. The van der Waals surface area contributed by atoms with Gasteiger partial charge in [0.15, 0.2) is 0 Å². The SMILES string of the molecule is Cc1ccc(CN(C)CC2(C(=O)O)CCC(C)CC2)o1. The van der Waals surface area contributed by atoms with Crippen LogP contribution in [-0.2, 0) is 11.3 Å². The monoisotopic (exact) mass is 279 g/mol. The molecule has 112 valence electrons. The van der Waals surface area contributed by atoms with E-state index in [0.717, 1.165) is 37.2 Å². The first-order valence-corrected chi connectivity index (χ1v) is 7.38. The van der Waals surface area contributed by atoms with Gasteiger partial charge in [0.1, 0.15) is 11.5 Å². The molecule has 20 heavy (non-hydrogen) atoms. The number of carbonyl (C=O) groups is 1. The van der Waals surface area contributed by atoms with Crippen LogP contribution >= 0.6 is 0 Å². The van der Waals surface area contributed by atoms with Gasteiger partial charge in [0, 0.05) is 6.54 Å². The Morgan fingerprint density at radius 1 is 1.45 bits per heavy atom. The Kier molecular flexibility index (Phi) is 4.53. The van der Waals surface area contributed by atoms with Crippen molar-refractivity contribution < 1.29 is 14.3 Å². The first kappa shape index (κ1) is 15.1. The number of nitrogens with zero attached hydrogens (tertiary/aromatic N) is 1. The van der Waals surface area contributed by atoms with Crippen LogP contribution in [0.2, 0.25) is 0 Å². The first-order chi connectivity index (χ1) is 9.41.